The van der Waals surface area contributed by atoms with Crippen molar-refractivity contribution in [2.45, 2.75) is 25.8 Å². The second-order valence-corrected chi connectivity index (χ2v) is 6.67. The van der Waals surface area contributed by atoms with E-state index in [0.717, 1.165) is 29.7 Å². The van der Waals surface area contributed by atoms with Crippen LogP contribution in [0.1, 0.15) is 30.0 Å². The summed E-state index contributed by atoms with van der Waals surface area (Å²) in [6, 6.07) is 12.1. The molecule has 1 aliphatic rings. The van der Waals surface area contributed by atoms with Gasteiger partial charge in [0.2, 0.25) is 0 Å². The molecule has 1 fully saturated rings. The summed E-state index contributed by atoms with van der Waals surface area (Å²) in [5.41, 5.74) is 1.68. The Labute approximate surface area is 157 Å². The van der Waals surface area contributed by atoms with Gasteiger partial charge in [0.25, 0.3) is 5.91 Å². The summed E-state index contributed by atoms with van der Waals surface area (Å²) in [6.45, 7) is 1.53. The zero-order valence-electron chi connectivity index (χ0n) is 15.3. The number of nitro groups is 1. The molecular formula is C20H22N2O5. The number of carbonyl (C=O) groups excluding carboxylic acids is 1. The van der Waals surface area contributed by atoms with Gasteiger partial charge in [-0.05, 0) is 55.0 Å². The smallest absolute Gasteiger partial charge is 0.310 e. The Hall–Kier alpha value is -3.09. The molecule has 0 radical (unpaired) electrons. The molecule has 0 bridgehead atoms. The van der Waals surface area contributed by atoms with Gasteiger partial charge in [-0.3, -0.25) is 14.9 Å². The number of benzene rings is 2. The number of amides is 1. The number of nitrogens with one attached hydrogen (secondary N) is 1. The van der Waals surface area contributed by atoms with E-state index in [1.807, 2.05) is 31.2 Å². The van der Waals surface area contributed by atoms with Gasteiger partial charge in [0.15, 0.2) is 12.4 Å². The Morgan fingerprint density at radius 2 is 1.96 bits per heavy atom. The van der Waals surface area contributed by atoms with Crippen molar-refractivity contribution in [3.8, 4) is 11.5 Å². The zero-order valence-corrected chi connectivity index (χ0v) is 15.3. The molecule has 142 valence electrons. The molecule has 0 aromatic heterocycles. The van der Waals surface area contributed by atoms with Gasteiger partial charge in [0, 0.05) is 6.07 Å². The summed E-state index contributed by atoms with van der Waals surface area (Å²) < 4.78 is 10.6. The summed E-state index contributed by atoms with van der Waals surface area (Å²) in [4.78, 5) is 23.0. The number of nitro benzene ring substituents is 1. The van der Waals surface area contributed by atoms with Crippen LogP contribution < -0.4 is 14.8 Å². The van der Waals surface area contributed by atoms with Crippen LogP contribution in [0.5, 0.6) is 11.5 Å². The highest BCUT2D eigenvalue weighted by Crippen LogP contribution is 2.41. The van der Waals surface area contributed by atoms with Crippen molar-refractivity contribution < 1.29 is 19.2 Å². The van der Waals surface area contributed by atoms with Crippen LogP contribution in [0.25, 0.3) is 0 Å². The summed E-state index contributed by atoms with van der Waals surface area (Å²) in [7, 11) is 1.61. The lowest BCUT2D eigenvalue weighted by Gasteiger charge is -2.19. The quantitative estimate of drug-likeness (QED) is 0.567. The average Bonchev–Trinajstić information content (AvgIpc) is 3.49. The monoisotopic (exact) mass is 370 g/mol. The molecule has 1 N–H and O–H groups in total. The van der Waals surface area contributed by atoms with E-state index in [4.69, 9.17) is 9.47 Å². The van der Waals surface area contributed by atoms with Gasteiger partial charge in [-0.1, -0.05) is 18.2 Å². The van der Waals surface area contributed by atoms with Gasteiger partial charge in [0.05, 0.1) is 18.1 Å². The molecule has 3 rings (SSSR count). The first-order chi connectivity index (χ1) is 13.0. The number of rotatable bonds is 8. The maximum absolute atomic E-state index is 12.4. The summed E-state index contributed by atoms with van der Waals surface area (Å²) >= 11 is 0. The third-order valence-corrected chi connectivity index (χ3v) is 4.56. The van der Waals surface area contributed by atoms with Gasteiger partial charge < -0.3 is 14.8 Å². The minimum atomic E-state index is -0.517. The predicted molar refractivity (Wildman–Crippen MR) is 99.9 cm³/mol. The van der Waals surface area contributed by atoms with Gasteiger partial charge in [-0.25, -0.2) is 0 Å². The molecule has 27 heavy (non-hydrogen) atoms. The van der Waals surface area contributed by atoms with E-state index in [2.05, 4.69) is 5.32 Å². The minimum Gasteiger partial charge on any atom is -0.497 e. The molecule has 0 spiro atoms. The summed E-state index contributed by atoms with van der Waals surface area (Å²) in [5, 5.41) is 14.1. The van der Waals surface area contributed by atoms with E-state index in [1.165, 1.54) is 6.07 Å². The highest BCUT2D eigenvalue weighted by molar-refractivity contribution is 5.78. The third-order valence-electron chi connectivity index (χ3n) is 4.56. The maximum Gasteiger partial charge on any atom is 0.310 e. The Balaban J connectivity index is 1.65. The number of methoxy groups -OCH3 is 1. The number of aryl methyl sites for hydroxylation is 1. The van der Waals surface area contributed by atoms with E-state index in [-0.39, 0.29) is 30.0 Å². The summed E-state index contributed by atoms with van der Waals surface area (Å²) in [5.74, 6) is 0.950. The molecule has 0 saturated heterocycles. The van der Waals surface area contributed by atoms with Gasteiger partial charge >= 0.3 is 5.69 Å². The fraction of sp³-hybridized carbons (Fsp3) is 0.350. The molecule has 1 amide bonds. The van der Waals surface area contributed by atoms with Crippen molar-refractivity contribution in [3.05, 3.63) is 63.7 Å². The molecule has 7 heteroatoms. The molecule has 1 atom stereocenters. The third kappa shape index (κ3) is 4.75. The van der Waals surface area contributed by atoms with E-state index in [1.54, 1.807) is 19.2 Å². The van der Waals surface area contributed by atoms with E-state index in [0.29, 0.717) is 5.92 Å². The normalized spacial score (nSPS) is 14.3. The van der Waals surface area contributed by atoms with Crippen molar-refractivity contribution >= 4 is 11.6 Å². The molecule has 2 aromatic carbocycles. The Morgan fingerprint density at radius 1 is 1.26 bits per heavy atom. The Kier molecular flexibility index (Phi) is 5.59. The molecule has 2 aromatic rings. The van der Waals surface area contributed by atoms with Crippen LogP contribution in [0.15, 0.2) is 42.5 Å². The van der Waals surface area contributed by atoms with E-state index >= 15 is 0 Å². The van der Waals surface area contributed by atoms with Gasteiger partial charge in [-0.2, -0.15) is 0 Å². The first-order valence-corrected chi connectivity index (χ1v) is 8.79. The van der Waals surface area contributed by atoms with Crippen molar-refractivity contribution in [1.82, 2.24) is 5.32 Å². The SMILES string of the molecule is COc1ccc(C(NC(=O)COc2cc(C)ccc2[N+](=O)[O-])C2CC2)cc1. The average molecular weight is 370 g/mol. The van der Waals surface area contributed by atoms with Crippen molar-refractivity contribution in [3.63, 3.8) is 0 Å². The standard InChI is InChI=1S/C20H22N2O5/c1-13-3-10-17(22(24)25)18(11-13)27-12-19(23)21-20(14-4-5-14)15-6-8-16(26-2)9-7-15/h3,6-11,14,20H,4-5,12H2,1-2H3,(H,21,23). The van der Waals surface area contributed by atoms with Crippen LogP contribution in [0.2, 0.25) is 0 Å². The molecule has 1 unspecified atom stereocenters. The fourth-order valence-corrected chi connectivity index (χ4v) is 2.96. The molecule has 1 saturated carbocycles. The maximum atomic E-state index is 12.4. The van der Waals surface area contributed by atoms with Crippen molar-refractivity contribution in [2.75, 3.05) is 13.7 Å². The predicted octanol–water partition coefficient (Wildman–Crippen LogP) is 3.56. The molecular weight excluding hydrogens is 348 g/mol. The molecule has 7 nitrogen and oxygen atoms in total. The second-order valence-electron chi connectivity index (χ2n) is 6.67. The largest absolute Gasteiger partial charge is 0.497 e. The summed E-state index contributed by atoms with van der Waals surface area (Å²) in [6.07, 6.45) is 2.11. The minimum absolute atomic E-state index is 0.0977. The number of ether oxygens (including phenoxy) is 2. The van der Waals surface area contributed by atoms with Gasteiger partial charge in [0.1, 0.15) is 5.75 Å². The van der Waals surface area contributed by atoms with Crippen LogP contribution in [0, 0.1) is 23.0 Å². The highest BCUT2D eigenvalue weighted by atomic mass is 16.6. The molecule has 0 aliphatic heterocycles. The lowest BCUT2D eigenvalue weighted by atomic mass is 10.0. The van der Waals surface area contributed by atoms with Crippen LogP contribution in [0.4, 0.5) is 5.69 Å². The molecule has 0 heterocycles. The van der Waals surface area contributed by atoms with Crippen LogP contribution in [-0.2, 0) is 4.79 Å². The van der Waals surface area contributed by atoms with Gasteiger partial charge in [-0.15, -0.1) is 0 Å². The van der Waals surface area contributed by atoms with Crippen molar-refractivity contribution in [1.29, 1.82) is 0 Å². The number of nitrogens with zero attached hydrogens (tertiary/aromatic N) is 1. The Bertz CT molecular complexity index is 831. The second kappa shape index (κ2) is 8.07. The number of hydrogen-bond donors (Lipinski definition) is 1. The topological polar surface area (TPSA) is 90.7 Å². The number of hydrogen-bond acceptors (Lipinski definition) is 5. The van der Waals surface area contributed by atoms with Crippen molar-refractivity contribution in [2.24, 2.45) is 5.92 Å². The number of carbonyl (C=O) groups is 1. The fourth-order valence-electron chi connectivity index (χ4n) is 2.96. The van der Waals surface area contributed by atoms with E-state index in [9.17, 15) is 14.9 Å². The lowest BCUT2D eigenvalue weighted by Crippen LogP contribution is -2.33. The van der Waals surface area contributed by atoms with Crippen LogP contribution in [-0.4, -0.2) is 24.5 Å². The first-order valence-electron chi connectivity index (χ1n) is 8.79. The highest BCUT2D eigenvalue weighted by Gasteiger charge is 2.33. The van der Waals surface area contributed by atoms with Crippen LogP contribution >= 0.6 is 0 Å². The Morgan fingerprint density at radius 3 is 2.56 bits per heavy atom. The first kappa shape index (κ1) is 18.7. The lowest BCUT2D eigenvalue weighted by molar-refractivity contribution is -0.385. The van der Waals surface area contributed by atoms with Crippen LogP contribution in [0.3, 0.4) is 0 Å². The molecule has 1 aliphatic carbocycles. The zero-order chi connectivity index (χ0) is 19.4. The van der Waals surface area contributed by atoms with E-state index < -0.39 is 4.92 Å².